The fraction of sp³-hybridized carbons (Fsp3) is 0.438. The fourth-order valence-corrected chi connectivity index (χ4v) is 1.59. The molecule has 1 aromatic carbocycles. The molecule has 0 aliphatic heterocycles. The van der Waals surface area contributed by atoms with E-state index in [1.54, 1.807) is 38.1 Å². The maximum absolute atomic E-state index is 11.7. The molecule has 0 fully saturated rings. The maximum Gasteiger partial charge on any atom is 0.327 e. The van der Waals surface area contributed by atoms with Crippen molar-refractivity contribution in [1.82, 2.24) is 16.2 Å². The molecule has 1 aromatic rings. The van der Waals surface area contributed by atoms with E-state index >= 15 is 0 Å². The summed E-state index contributed by atoms with van der Waals surface area (Å²) >= 11 is 0. The Labute approximate surface area is 140 Å². The average molecular weight is 337 g/mol. The molecule has 0 heterocycles. The smallest absolute Gasteiger partial charge is 0.327 e. The van der Waals surface area contributed by atoms with Gasteiger partial charge in [-0.3, -0.25) is 25.2 Å². The van der Waals surface area contributed by atoms with E-state index in [-0.39, 0.29) is 12.6 Å². The molecule has 8 heteroatoms. The van der Waals surface area contributed by atoms with Gasteiger partial charge in [0.25, 0.3) is 5.91 Å². The van der Waals surface area contributed by atoms with Crippen molar-refractivity contribution in [3.05, 3.63) is 24.3 Å². The number of nitrogens with one attached hydrogen (secondary N) is 3. The summed E-state index contributed by atoms with van der Waals surface area (Å²) in [6, 6.07) is 6.78. The van der Waals surface area contributed by atoms with Gasteiger partial charge in [-0.25, -0.2) is 0 Å². The number of hydrogen-bond acceptors (Lipinski definition) is 5. The molecule has 0 aliphatic rings. The van der Waals surface area contributed by atoms with Crippen molar-refractivity contribution in [2.75, 3.05) is 13.2 Å². The third kappa shape index (κ3) is 6.99. The fourth-order valence-electron chi connectivity index (χ4n) is 1.59. The van der Waals surface area contributed by atoms with Gasteiger partial charge in [0.2, 0.25) is 0 Å². The molecule has 8 nitrogen and oxygen atoms in total. The number of hydrazine groups is 1. The summed E-state index contributed by atoms with van der Waals surface area (Å²) in [5.74, 6) is -1.43. The highest BCUT2D eigenvalue weighted by molar-refractivity contribution is 6.35. The van der Waals surface area contributed by atoms with Crippen LogP contribution in [0.4, 0.5) is 0 Å². The molecule has 0 unspecified atom stereocenters. The van der Waals surface area contributed by atoms with Crippen LogP contribution in [-0.2, 0) is 14.4 Å². The van der Waals surface area contributed by atoms with Crippen LogP contribution in [0.1, 0.15) is 27.2 Å². The number of amides is 3. The monoisotopic (exact) mass is 337 g/mol. The van der Waals surface area contributed by atoms with Crippen molar-refractivity contribution < 1.29 is 23.9 Å². The molecule has 0 aromatic heterocycles. The standard InChI is InChI=1S/C16H23N3O5/c1-4-9-23-12-7-5-6-8-13(12)24-10-14(20)18-19-16(22)15(21)17-11(2)3/h5-8,11H,4,9-10H2,1-3H3,(H,17,21)(H,18,20)(H,19,22). The van der Waals surface area contributed by atoms with Crippen LogP contribution in [0.25, 0.3) is 0 Å². The number of hydrogen-bond donors (Lipinski definition) is 3. The predicted molar refractivity (Wildman–Crippen MR) is 87.3 cm³/mol. The Morgan fingerprint density at radius 3 is 2.21 bits per heavy atom. The van der Waals surface area contributed by atoms with Gasteiger partial charge < -0.3 is 14.8 Å². The van der Waals surface area contributed by atoms with Gasteiger partial charge >= 0.3 is 11.8 Å². The van der Waals surface area contributed by atoms with E-state index in [1.807, 2.05) is 12.3 Å². The van der Waals surface area contributed by atoms with E-state index in [0.717, 1.165) is 6.42 Å². The van der Waals surface area contributed by atoms with Crippen molar-refractivity contribution in [3.8, 4) is 11.5 Å². The Balaban J connectivity index is 2.41. The second kappa shape index (κ2) is 10.1. The molecule has 1 rings (SSSR count). The minimum absolute atomic E-state index is 0.179. The lowest BCUT2D eigenvalue weighted by molar-refractivity contribution is -0.141. The normalized spacial score (nSPS) is 10.0. The van der Waals surface area contributed by atoms with Crippen LogP contribution >= 0.6 is 0 Å². The van der Waals surface area contributed by atoms with Crippen LogP contribution in [0, 0.1) is 0 Å². The third-order valence-corrected chi connectivity index (χ3v) is 2.61. The average Bonchev–Trinajstić information content (AvgIpc) is 2.55. The van der Waals surface area contributed by atoms with Gasteiger partial charge in [0.05, 0.1) is 6.61 Å². The summed E-state index contributed by atoms with van der Waals surface area (Å²) in [7, 11) is 0. The number of benzene rings is 1. The Morgan fingerprint density at radius 2 is 1.62 bits per heavy atom. The van der Waals surface area contributed by atoms with Crippen molar-refractivity contribution in [2.45, 2.75) is 33.2 Å². The minimum atomic E-state index is -0.955. The third-order valence-electron chi connectivity index (χ3n) is 2.61. The predicted octanol–water partition coefficient (Wildman–Crippen LogP) is 0.526. The lowest BCUT2D eigenvalue weighted by Crippen LogP contribution is -2.50. The molecule has 0 atom stereocenters. The van der Waals surface area contributed by atoms with E-state index in [4.69, 9.17) is 9.47 Å². The Morgan fingerprint density at radius 1 is 1.00 bits per heavy atom. The lowest BCUT2D eigenvalue weighted by atomic mass is 10.3. The summed E-state index contributed by atoms with van der Waals surface area (Å²) in [6.45, 7) is 5.62. The summed E-state index contributed by atoms with van der Waals surface area (Å²) in [5.41, 5.74) is 4.12. The van der Waals surface area contributed by atoms with E-state index < -0.39 is 17.7 Å². The van der Waals surface area contributed by atoms with Gasteiger partial charge in [-0.15, -0.1) is 0 Å². The van der Waals surface area contributed by atoms with Crippen LogP contribution in [-0.4, -0.2) is 37.0 Å². The van der Waals surface area contributed by atoms with E-state index in [2.05, 4.69) is 10.7 Å². The minimum Gasteiger partial charge on any atom is -0.490 e. The molecule has 0 radical (unpaired) electrons. The first-order valence-electron chi connectivity index (χ1n) is 7.68. The molecule has 0 bridgehead atoms. The zero-order valence-electron chi connectivity index (χ0n) is 14.0. The zero-order chi connectivity index (χ0) is 17.9. The van der Waals surface area contributed by atoms with E-state index in [0.29, 0.717) is 18.1 Å². The molecule has 0 aliphatic carbocycles. The number of rotatable bonds is 7. The van der Waals surface area contributed by atoms with Crippen LogP contribution in [0.15, 0.2) is 24.3 Å². The van der Waals surface area contributed by atoms with E-state index in [9.17, 15) is 14.4 Å². The first kappa shape index (κ1) is 19.3. The SMILES string of the molecule is CCCOc1ccccc1OCC(=O)NNC(=O)C(=O)NC(C)C. The van der Waals surface area contributed by atoms with Gasteiger partial charge in [0.1, 0.15) is 0 Å². The van der Waals surface area contributed by atoms with Crippen LogP contribution in [0.5, 0.6) is 11.5 Å². The molecule has 0 saturated heterocycles. The first-order valence-corrected chi connectivity index (χ1v) is 7.68. The highest BCUT2D eigenvalue weighted by atomic mass is 16.5. The summed E-state index contributed by atoms with van der Waals surface area (Å²) in [4.78, 5) is 34.5. The molecule has 0 spiro atoms. The molecule has 3 N–H and O–H groups in total. The number of carbonyl (C=O) groups is 3. The highest BCUT2D eigenvalue weighted by Gasteiger charge is 2.15. The Kier molecular flexibility index (Phi) is 8.10. The Hall–Kier alpha value is -2.77. The van der Waals surface area contributed by atoms with Crippen LogP contribution < -0.4 is 25.6 Å². The zero-order valence-corrected chi connectivity index (χ0v) is 14.0. The molecule has 0 saturated carbocycles. The second-order valence-corrected chi connectivity index (χ2v) is 5.21. The van der Waals surface area contributed by atoms with Gasteiger partial charge in [-0.05, 0) is 32.4 Å². The van der Waals surface area contributed by atoms with E-state index in [1.165, 1.54) is 0 Å². The number of para-hydroxylation sites is 2. The number of carbonyl (C=O) groups excluding carboxylic acids is 3. The Bertz CT molecular complexity index is 575. The first-order chi connectivity index (χ1) is 11.4. The highest BCUT2D eigenvalue weighted by Crippen LogP contribution is 2.26. The van der Waals surface area contributed by atoms with Crippen LogP contribution in [0.2, 0.25) is 0 Å². The lowest BCUT2D eigenvalue weighted by Gasteiger charge is -2.12. The van der Waals surface area contributed by atoms with Crippen molar-refractivity contribution >= 4 is 17.7 Å². The summed E-state index contributed by atoms with van der Waals surface area (Å²) in [6.07, 6.45) is 0.847. The second-order valence-electron chi connectivity index (χ2n) is 5.21. The molecular formula is C16H23N3O5. The molecule has 3 amide bonds. The van der Waals surface area contributed by atoms with Gasteiger partial charge in [-0.1, -0.05) is 19.1 Å². The van der Waals surface area contributed by atoms with Gasteiger partial charge in [0, 0.05) is 6.04 Å². The molecule has 132 valence electrons. The van der Waals surface area contributed by atoms with Crippen molar-refractivity contribution in [3.63, 3.8) is 0 Å². The van der Waals surface area contributed by atoms with Crippen LogP contribution in [0.3, 0.4) is 0 Å². The topological polar surface area (TPSA) is 106 Å². The summed E-state index contributed by atoms with van der Waals surface area (Å²) < 4.78 is 10.9. The van der Waals surface area contributed by atoms with Crippen molar-refractivity contribution in [1.29, 1.82) is 0 Å². The van der Waals surface area contributed by atoms with Gasteiger partial charge in [0.15, 0.2) is 18.1 Å². The molecule has 24 heavy (non-hydrogen) atoms. The summed E-state index contributed by atoms with van der Waals surface area (Å²) in [5, 5.41) is 2.40. The quantitative estimate of drug-likeness (QED) is 0.497. The van der Waals surface area contributed by atoms with Crippen molar-refractivity contribution in [2.24, 2.45) is 0 Å². The maximum atomic E-state index is 11.7. The number of ether oxygens (including phenoxy) is 2. The van der Waals surface area contributed by atoms with Gasteiger partial charge in [-0.2, -0.15) is 0 Å². The largest absolute Gasteiger partial charge is 0.490 e. The molecular weight excluding hydrogens is 314 g/mol.